The minimum atomic E-state index is -4.00. The van der Waals surface area contributed by atoms with Crippen LogP contribution in [0.3, 0.4) is 0 Å². The number of nitrogens with one attached hydrogen (secondary N) is 1. The van der Waals surface area contributed by atoms with Crippen molar-refractivity contribution in [1.82, 2.24) is 9.88 Å². The lowest BCUT2D eigenvalue weighted by atomic mass is 10.1. The van der Waals surface area contributed by atoms with Crippen molar-refractivity contribution in [2.45, 2.75) is 25.3 Å². The number of hydrogen-bond donors (Lipinski definition) is 1. The first-order valence-corrected chi connectivity index (χ1v) is 11.3. The molecular formula is C23H21N3O5S. The van der Waals surface area contributed by atoms with E-state index >= 15 is 0 Å². The summed E-state index contributed by atoms with van der Waals surface area (Å²) in [5, 5.41) is 0. The van der Waals surface area contributed by atoms with Crippen molar-refractivity contribution in [1.29, 1.82) is 0 Å². The molecule has 4 rings (SSSR count). The van der Waals surface area contributed by atoms with Gasteiger partial charge in [-0.15, -0.1) is 0 Å². The Kier molecular flexibility index (Phi) is 5.43. The number of hydrogen-bond acceptors (Lipinski definition) is 6. The standard InChI is InChI=1S/C23H21N3O5S/c1-14-9-15(2)11-17(10-14)25-32(29,30)20-12-16(6-7-19(20)31-3)13-26-22(27)18-5-4-8-24-21(18)23(26)28/h4-12,25H,13H2,1-3H3. The maximum absolute atomic E-state index is 13.2. The number of aryl methyl sites for hydroxylation is 2. The monoisotopic (exact) mass is 451 g/mol. The minimum absolute atomic E-state index is 0.0913. The summed E-state index contributed by atoms with van der Waals surface area (Å²) in [4.78, 5) is 30.2. The molecule has 1 aromatic heterocycles. The van der Waals surface area contributed by atoms with E-state index in [1.165, 1.54) is 25.4 Å². The molecule has 1 N–H and O–H groups in total. The summed E-state index contributed by atoms with van der Waals surface area (Å²) < 4.78 is 34.1. The van der Waals surface area contributed by atoms with Crippen LogP contribution in [0.15, 0.2) is 59.6 Å². The zero-order valence-corrected chi connectivity index (χ0v) is 18.6. The van der Waals surface area contributed by atoms with E-state index in [0.717, 1.165) is 16.0 Å². The Labute approximate surface area is 185 Å². The molecule has 0 fully saturated rings. The smallest absolute Gasteiger partial charge is 0.280 e. The van der Waals surface area contributed by atoms with Crippen molar-refractivity contribution < 1.29 is 22.7 Å². The van der Waals surface area contributed by atoms with Gasteiger partial charge in [0, 0.05) is 11.9 Å². The fourth-order valence-corrected chi connectivity index (χ4v) is 4.97. The van der Waals surface area contributed by atoms with Gasteiger partial charge in [-0.1, -0.05) is 12.1 Å². The van der Waals surface area contributed by atoms with Crippen LogP contribution in [0.1, 0.15) is 37.5 Å². The van der Waals surface area contributed by atoms with E-state index in [1.54, 1.807) is 30.3 Å². The van der Waals surface area contributed by atoms with E-state index in [2.05, 4.69) is 9.71 Å². The number of aromatic nitrogens is 1. The van der Waals surface area contributed by atoms with Gasteiger partial charge in [-0.3, -0.25) is 24.2 Å². The van der Waals surface area contributed by atoms with E-state index in [4.69, 9.17) is 4.74 Å². The molecule has 164 valence electrons. The molecule has 0 saturated carbocycles. The molecule has 0 radical (unpaired) electrons. The lowest BCUT2D eigenvalue weighted by molar-refractivity contribution is 0.0640. The van der Waals surface area contributed by atoms with Crippen LogP contribution in [0.5, 0.6) is 5.75 Å². The number of rotatable bonds is 6. The van der Waals surface area contributed by atoms with E-state index in [0.29, 0.717) is 11.3 Å². The average molecular weight is 452 g/mol. The highest BCUT2D eigenvalue weighted by atomic mass is 32.2. The van der Waals surface area contributed by atoms with Gasteiger partial charge in [0.05, 0.1) is 19.2 Å². The van der Waals surface area contributed by atoms with E-state index in [1.807, 2.05) is 19.9 Å². The molecule has 1 aliphatic rings. The Balaban J connectivity index is 1.66. The van der Waals surface area contributed by atoms with Crippen molar-refractivity contribution in [2.24, 2.45) is 0 Å². The van der Waals surface area contributed by atoms with E-state index < -0.39 is 21.8 Å². The number of fused-ring (bicyclic) bond motifs is 1. The number of sulfonamides is 1. The number of carbonyl (C=O) groups excluding carboxylic acids is 2. The SMILES string of the molecule is COc1ccc(CN2C(=O)c3cccnc3C2=O)cc1S(=O)(=O)Nc1cc(C)cc(C)c1. The Morgan fingerprint density at radius 3 is 2.38 bits per heavy atom. The second kappa shape index (κ2) is 8.08. The number of imide groups is 1. The molecule has 9 heteroatoms. The van der Waals surface area contributed by atoms with Crippen LogP contribution < -0.4 is 9.46 Å². The van der Waals surface area contributed by atoms with Gasteiger partial charge in [-0.25, -0.2) is 8.42 Å². The zero-order chi connectivity index (χ0) is 23.0. The number of methoxy groups -OCH3 is 1. The molecule has 8 nitrogen and oxygen atoms in total. The lowest BCUT2D eigenvalue weighted by Gasteiger charge is -2.17. The number of anilines is 1. The molecule has 2 heterocycles. The molecule has 0 unspecified atom stereocenters. The van der Waals surface area contributed by atoms with Gasteiger partial charge in [-0.2, -0.15) is 0 Å². The van der Waals surface area contributed by atoms with Crippen molar-refractivity contribution in [3.8, 4) is 5.75 Å². The topological polar surface area (TPSA) is 106 Å². The quantitative estimate of drug-likeness (QED) is 0.577. The van der Waals surface area contributed by atoms with Gasteiger partial charge in [0.1, 0.15) is 16.3 Å². The van der Waals surface area contributed by atoms with Crippen LogP contribution in [0, 0.1) is 13.8 Å². The summed E-state index contributed by atoms with van der Waals surface area (Å²) in [6, 6.07) is 13.0. The van der Waals surface area contributed by atoms with E-state index in [9.17, 15) is 18.0 Å². The number of amides is 2. The summed E-state index contributed by atoms with van der Waals surface area (Å²) in [5.41, 5.74) is 3.05. The maximum Gasteiger partial charge on any atom is 0.280 e. The molecule has 0 bridgehead atoms. The highest BCUT2D eigenvalue weighted by molar-refractivity contribution is 7.92. The van der Waals surface area contributed by atoms with Gasteiger partial charge in [0.2, 0.25) is 0 Å². The maximum atomic E-state index is 13.2. The molecule has 2 amide bonds. The third-order valence-electron chi connectivity index (χ3n) is 5.06. The molecule has 0 atom stereocenters. The number of carbonyl (C=O) groups is 2. The van der Waals surface area contributed by atoms with Gasteiger partial charge in [0.15, 0.2) is 0 Å². The van der Waals surface area contributed by atoms with Crippen molar-refractivity contribution in [3.63, 3.8) is 0 Å². The first-order chi connectivity index (χ1) is 15.2. The molecule has 0 saturated heterocycles. The number of pyridine rings is 1. The highest BCUT2D eigenvalue weighted by Gasteiger charge is 2.36. The molecule has 3 aromatic rings. The fourth-order valence-electron chi connectivity index (χ4n) is 3.71. The van der Waals surface area contributed by atoms with Crippen molar-refractivity contribution >= 4 is 27.5 Å². The third-order valence-corrected chi connectivity index (χ3v) is 6.47. The predicted octanol–water partition coefficient (Wildman–Crippen LogP) is 3.30. The van der Waals surface area contributed by atoms with Crippen LogP contribution >= 0.6 is 0 Å². The third kappa shape index (κ3) is 3.94. The van der Waals surface area contributed by atoms with Gasteiger partial charge in [-0.05, 0) is 66.9 Å². The fraction of sp³-hybridized carbons (Fsp3) is 0.174. The summed E-state index contributed by atoms with van der Waals surface area (Å²) in [6.45, 7) is 3.66. The van der Waals surface area contributed by atoms with Crippen molar-refractivity contribution in [3.05, 3.63) is 82.7 Å². The van der Waals surface area contributed by atoms with Crippen LogP contribution in [0.25, 0.3) is 0 Å². The van der Waals surface area contributed by atoms with E-state index in [-0.39, 0.29) is 28.4 Å². The molecular weight excluding hydrogens is 430 g/mol. The molecule has 0 spiro atoms. The van der Waals surface area contributed by atoms with Crippen LogP contribution in [0.2, 0.25) is 0 Å². The number of nitrogens with zero attached hydrogens (tertiary/aromatic N) is 2. The Morgan fingerprint density at radius 1 is 1.00 bits per heavy atom. The number of benzene rings is 2. The first kappa shape index (κ1) is 21.5. The molecule has 1 aliphatic heterocycles. The summed E-state index contributed by atoms with van der Waals surface area (Å²) in [6.07, 6.45) is 1.45. The summed E-state index contributed by atoms with van der Waals surface area (Å²) in [5.74, 6) is -0.833. The van der Waals surface area contributed by atoms with Gasteiger partial charge >= 0.3 is 0 Å². The Hall–Kier alpha value is -3.72. The molecule has 0 aliphatic carbocycles. The second-order valence-corrected chi connectivity index (χ2v) is 9.21. The van der Waals surface area contributed by atoms with Crippen molar-refractivity contribution in [2.75, 3.05) is 11.8 Å². The van der Waals surface area contributed by atoms with Crippen LogP contribution in [-0.2, 0) is 16.6 Å². The average Bonchev–Trinajstić information content (AvgIpc) is 2.98. The largest absolute Gasteiger partial charge is 0.495 e. The minimum Gasteiger partial charge on any atom is -0.495 e. The second-order valence-electron chi connectivity index (χ2n) is 7.56. The predicted molar refractivity (Wildman–Crippen MR) is 118 cm³/mol. The molecule has 2 aromatic carbocycles. The van der Waals surface area contributed by atoms with Crippen LogP contribution in [0.4, 0.5) is 5.69 Å². The van der Waals surface area contributed by atoms with Crippen LogP contribution in [-0.4, -0.2) is 37.2 Å². The Morgan fingerprint density at radius 2 is 1.72 bits per heavy atom. The summed E-state index contributed by atoms with van der Waals surface area (Å²) in [7, 11) is -2.63. The first-order valence-electron chi connectivity index (χ1n) is 9.79. The molecule has 32 heavy (non-hydrogen) atoms. The van der Waals surface area contributed by atoms with Gasteiger partial charge < -0.3 is 4.74 Å². The Bertz CT molecular complexity index is 1300. The lowest BCUT2D eigenvalue weighted by Crippen LogP contribution is -2.29. The normalized spacial score (nSPS) is 13.3. The highest BCUT2D eigenvalue weighted by Crippen LogP contribution is 2.29. The van der Waals surface area contributed by atoms with Gasteiger partial charge in [0.25, 0.3) is 21.8 Å². The zero-order valence-electron chi connectivity index (χ0n) is 17.7. The summed E-state index contributed by atoms with van der Waals surface area (Å²) >= 11 is 0. The number of ether oxygens (including phenoxy) is 1.